The Labute approximate surface area is 206 Å². The molecule has 0 spiro atoms. The van der Waals surface area contributed by atoms with Crippen LogP contribution >= 0.6 is 35.4 Å². The fourth-order valence-electron chi connectivity index (χ4n) is 3.50. The van der Waals surface area contributed by atoms with Crippen molar-refractivity contribution in [2.75, 3.05) is 6.61 Å². The Morgan fingerprint density at radius 2 is 2.00 bits per heavy atom. The number of rotatable bonds is 5. The van der Waals surface area contributed by atoms with Gasteiger partial charge in [-0.3, -0.25) is 25.9 Å². The lowest BCUT2D eigenvalue weighted by Crippen LogP contribution is -2.43. The lowest BCUT2D eigenvalue weighted by atomic mass is 9.75. The van der Waals surface area contributed by atoms with Gasteiger partial charge in [0.15, 0.2) is 17.5 Å². The minimum atomic E-state index is -0.612. The van der Waals surface area contributed by atoms with Crippen LogP contribution in [0.15, 0.2) is 27.7 Å². The van der Waals surface area contributed by atoms with E-state index in [4.69, 9.17) is 50.3 Å². The van der Waals surface area contributed by atoms with E-state index in [-0.39, 0.29) is 33.7 Å². The molecule has 2 amide bonds. The van der Waals surface area contributed by atoms with Crippen LogP contribution in [0.4, 0.5) is 0 Å². The summed E-state index contributed by atoms with van der Waals surface area (Å²) in [6, 6.07) is 4.62. The number of thiocarbonyl (C=S) groups is 1. The van der Waals surface area contributed by atoms with Gasteiger partial charge in [-0.05, 0) is 49.2 Å². The zero-order valence-corrected chi connectivity index (χ0v) is 20.5. The number of benzene rings is 1. The Bertz CT molecular complexity index is 1150. The van der Waals surface area contributed by atoms with Gasteiger partial charge in [0.2, 0.25) is 0 Å². The van der Waals surface area contributed by atoms with Crippen LogP contribution in [0.2, 0.25) is 10.0 Å². The number of fused-ring (bicyclic) bond motifs is 1. The van der Waals surface area contributed by atoms with E-state index in [2.05, 4.69) is 35.2 Å². The molecular formula is C21H23Cl2N5O4S. The first-order valence-electron chi connectivity index (χ1n) is 9.88. The average molecular weight is 512 g/mol. The third-order valence-electron chi connectivity index (χ3n) is 4.87. The van der Waals surface area contributed by atoms with Crippen LogP contribution in [-0.2, 0) is 11.2 Å². The SMILES string of the molecule is Cc1c(C(=O)NNC(=O)COc2ccc(Cl)cc2Cl)oc2c1/C(=N\NC(N)=S)CC(C)(C)C2. The zero-order chi connectivity index (χ0) is 24.3. The summed E-state index contributed by atoms with van der Waals surface area (Å²) in [6.07, 6.45) is 1.25. The molecule has 0 aliphatic heterocycles. The fraction of sp³-hybridized carbons (Fsp3) is 0.333. The van der Waals surface area contributed by atoms with Crippen molar-refractivity contribution >= 4 is 58.1 Å². The molecule has 33 heavy (non-hydrogen) atoms. The van der Waals surface area contributed by atoms with Crippen LogP contribution in [0.3, 0.4) is 0 Å². The van der Waals surface area contributed by atoms with Gasteiger partial charge in [-0.1, -0.05) is 37.0 Å². The van der Waals surface area contributed by atoms with Crippen LogP contribution in [-0.4, -0.2) is 29.2 Å². The molecule has 3 rings (SSSR count). The largest absolute Gasteiger partial charge is 0.482 e. The summed E-state index contributed by atoms with van der Waals surface area (Å²) in [5.41, 5.74) is 14.6. The number of carbonyl (C=O) groups excluding carboxylic acids is 2. The van der Waals surface area contributed by atoms with Crippen LogP contribution in [0.1, 0.15) is 47.7 Å². The molecule has 1 heterocycles. The van der Waals surface area contributed by atoms with Gasteiger partial charge in [0.05, 0.1) is 10.7 Å². The molecule has 1 aliphatic rings. The molecule has 9 nitrogen and oxygen atoms in total. The van der Waals surface area contributed by atoms with E-state index in [0.717, 1.165) is 5.56 Å². The highest BCUT2D eigenvalue weighted by Crippen LogP contribution is 2.38. The number of nitrogens with one attached hydrogen (secondary N) is 3. The Balaban J connectivity index is 1.67. The van der Waals surface area contributed by atoms with E-state index in [1.807, 2.05) is 0 Å². The lowest BCUT2D eigenvalue weighted by Gasteiger charge is -2.29. The summed E-state index contributed by atoms with van der Waals surface area (Å²) in [4.78, 5) is 24.8. The predicted molar refractivity (Wildman–Crippen MR) is 130 cm³/mol. The Morgan fingerprint density at radius 3 is 2.67 bits per heavy atom. The number of nitrogens with two attached hydrogens (primary N) is 1. The normalized spacial score (nSPS) is 15.5. The second-order valence-corrected chi connectivity index (χ2v) is 9.56. The van der Waals surface area contributed by atoms with Crippen molar-refractivity contribution in [3.8, 4) is 5.75 Å². The summed E-state index contributed by atoms with van der Waals surface area (Å²) in [6.45, 7) is 5.51. The average Bonchev–Trinajstić information content (AvgIpc) is 3.04. The summed E-state index contributed by atoms with van der Waals surface area (Å²) >= 11 is 16.7. The number of ether oxygens (including phenoxy) is 1. The third kappa shape index (κ3) is 6.16. The van der Waals surface area contributed by atoms with Crippen molar-refractivity contribution in [3.05, 3.63) is 50.9 Å². The Kier molecular flexibility index (Phi) is 7.51. The maximum atomic E-state index is 12.7. The third-order valence-corrected chi connectivity index (χ3v) is 5.49. The number of halogens is 2. The number of furan rings is 1. The maximum absolute atomic E-state index is 12.7. The van der Waals surface area contributed by atoms with Crippen molar-refractivity contribution in [2.24, 2.45) is 16.3 Å². The molecule has 1 aromatic carbocycles. The first-order valence-corrected chi connectivity index (χ1v) is 11.0. The molecule has 0 atom stereocenters. The van der Waals surface area contributed by atoms with Gasteiger partial charge < -0.3 is 14.9 Å². The minimum Gasteiger partial charge on any atom is -0.482 e. The van der Waals surface area contributed by atoms with Gasteiger partial charge in [0.1, 0.15) is 11.5 Å². The van der Waals surface area contributed by atoms with E-state index < -0.39 is 11.8 Å². The molecule has 1 aliphatic carbocycles. The lowest BCUT2D eigenvalue weighted by molar-refractivity contribution is -0.123. The number of carbonyl (C=O) groups is 2. The van der Waals surface area contributed by atoms with Crippen LogP contribution in [0, 0.1) is 12.3 Å². The van der Waals surface area contributed by atoms with Gasteiger partial charge >= 0.3 is 5.91 Å². The van der Waals surface area contributed by atoms with E-state index >= 15 is 0 Å². The highest BCUT2D eigenvalue weighted by Gasteiger charge is 2.36. The van der Waals surface area contributed by atoms with E-state index in [1.165, 1.54) is 6.07 Å². The summed E-state index contributed by atoms with van der Waals surface area (Å²) in [5, 5.41) is 5.04. The molecule has 2 aromatic rings. The van der Waals surface area contributed by atoms with E-state index in [0.29, 0.717) is 34.9 Å². The summed E-state index contributed by atoms with van der Waals surface area (Å²) < 4.78 is 11.2. The number of nitrogens with zero attached hydrogens (tertiary/aromatic N) is 1. The topological polar surface area (TPSA) is 131 Å². The Hall–Kier alpha value is -2.82. The molecule has 176 valence electrons. The molecule has 0 fully saturated rings. The van der Waals surface area contributed by atoms with E-state index in [1.54, 1.807) is 19.1 Å². The molecule has 0 saturated heterocycles. The number of hydrogen-bond donors (Lipinski definition) is 4. The van der Waals surface area contributed by atoms with Gasteiger partial charge in [0, 0.05) is 22.6 Å². The molecule has 0 unspecified atom stereocenters. The van der Waals surface area contributed by atoms with E-state index in [9.17, 15) is 9.59 Å². The van der Waals surface area contributed by atoms with Crippen molar-refractivity contribution < 1.29 is 18.7 Å². The quantitative estimate of drug-likeness (QED) is 0.357. The zero-order valence-electron chi connectivity index (χ0n) is 18.2. The molecule has 0 bridgehead atoms. The highest BCUT2D eigenvalue weighted by molar-refractivity contribution is 7.80. The second-order valence-electron chi connectivity index (χ2n) is 8.27. The molecule has 0 radical (unpaired) electrons. The van der Waals surface area contributed by atoms with Crippen molar-refractivity contribution in [1.82, 2.24) is 16.3 Å². The minimum absolute atomic E-state index is 0.0383. The van der Waals surface area contributed by atoms with Crippen LogP contribution in [0.5, 0.6) is 5.75 Å². The van der Waals surface area contributed by atoms with Crippen molar-refractivity contribution in [1.29, 1.82) is 0 Å². The number of hydrogen-bond acceptors (Lipinski definition) is 6. The molecule has 12 heteroatoms. The van der Waals surface area contributed by atoms with Crippen molar-refractivity contribution in [3.63, 3.8) is 0 Å². The summed E-state index contributed by atoms with van der Waals surface area (Å²) in [7, 11) is 0. The fourth-order valence-corrected chi connectivity index (χ4v) is 4.01. The Morgan fingerprint density at radius 1 is 1.27 bits per heavy atom. The molecule has 5 N–H and O–H groups in total. The van der Waals surface area contributed by atoms with Crippen LogP contribution < -0.4 is 26.7 Å². The first kappa shape index (κ1) is 24.8. The van der Waals surface area contributed by atoms with Gasteiger partial charge in [-0.2, -0.15) is 5.10 Å². The number of hydrazone groups is 1. The smallest absolute Gasteiger partial charge is 0.305 e. The first-order chi connectivity index (χ1) is 15.5. The van der Waals surface area contributed by atoms with Gasteiger partial charge in [-0.15, -0.1) is 0 Å². The second kappa shape index (κ2) is 9.98. The highest BCUT2D eigenvalue weighted by atomic mass is 35.5. The van der Waals surface area contributed by atoms with Gasteiger partial charge in [0.25, 0.3) is 5.91 Å². The standard InChI is InChI=1S/C21H23Cl2N5O4S/c1-10-17-13(25-28-20(24)33)7-21(2,3)8-15(17)32-18(10)19(30)27-26-16(29)9-31-14-5-4-11(22)6-12(14)23/h4-6H,7-9H2,1-3H3,(H,26,29)(H,27,30)(H3,24,28,33)/b25-13-. The predicted octanol–water partition coefficient (Wildman–Crippen LogP) is 3.24. The number of hydrazine groups is 1. The number of amides is 2. The molecular weight excluding hydrogens is 489 g/mol. The summed E-state index contributed by atoms with van der Waals surface area (Å²) in [5.74, 6) is -0.212. The molecule has 0 saturated carbocycles. The van der Waals surface area contributed by atoms with Gasteiger partial charge in [-0.25, -0.2) is 0 Å². The van der Waals surface area contributed by atoms with Crippen molar-refractivity contribution in [2.45, 2.75) is 33.6 Å². The maximum Gasteiger partial charge on any atom is 0.305 e. The molecule has 1 aromatic heterocycles. The monoisotopic (exact) mass is 511 g/mol. The van der Waals surface area contributed by atoms with Crippen LogP contribution in [0.25, 0.3) is 0 Å².